The Bertz CT molecular complexity index is 955. The lowest BCUT2D eigenvalue weighted by Gasteiger charge is -2.32. The second kappa shape index (κ2) is 7.52. The maximum absolute atomic E-state index is 13.9. The van der Waals surface area contributed by atoms with Gasteiger partial charge in [-0.25, -0.2) is 23.1 Å². The number of benzene rings is 2. The van der Waals surface area contributed by atoms with E-state index >= 15 is 0 Å². The number of likely N-dealkylation sites (tertiary alicyclic amines) is 1. The maximum atomic E-state index is 13.9. The third-order valence-corrected chi connectivity index (χ3v) is 4.93. The third-order valence-electron chi connectivity index (χ3n) is 4.93. The molecule has 1 N–H and O–H groups in total. The van der Waals surface area contributed by atoms with Crippen LogP contribution in [0.15, 0.2) is 42.7 Å². The van der Waals surface area contributed by atoms with Crippen LogP contribution >= 0.6 is 0 Å². The van der Waals surface area contributed by atoms with Gasteiger partial charge >= 0.3 is 0 Å². The summed E-state index contributed by atoms with van der Waals surface area (Å²) >= 11 is 0. The Hall–Kier alpha value is -2.67. The fourth-order valence-corrected chi connectivity index (χ4v) is 3.49. The highest BCUT2D eigenvalue weighted by atomic mass is 19.2. The highest BCUT2D eigenvalue weighted by molar-refractivity contribution is 5.89. The quantitative estimate of drug-likeness (QED) is 0.748. The van der Waals surface area contributed by atoms with Gasteiger partial charge in [-0.15, -0.1) is 0 Å². The van der Waals surface area contributed by atoms with Crippen LogP contribution in [0.2, 0.25) is 0 Å². The highest BCUT2D eigenvalue weighted by Crippen LogP contribution is 2.24. The number of hydrogen-bond donors (Lipinski definition) is 1. The van der Waals surface area contributed by atoms with Gasteiger partial charge in [0.25, 0.3) is 0 Å². The molecule has 0 unspecified atom stereocenters. The number of nitrogens with zero attached hydrogens (tertiary/aromatic N) is 3. The number of rotatable bonds is 4. The number of para-hydroxylation sites is 1. The number of aromatic nitrogens is 2. The number of fused-ring (bicyclic) bond motifs is 1. The van der Waals surface area contributed by atoms with Gasteiger partial charge in [0.05, 0.1) is 0 Å². The number of halogens is 3. The van der Waals surface area contributed by atoms with Gasteiger partial charge < -0.3 is 5.32 Å². The van der Waals surface area contributed by atoms with E-state index in [1.54, 1.807) is 18.2 Å². The molecule has 4 nitrogen and oxygen atoms in total. The Morgan fingerprint density at radius 3 is 2.56 bits per heavy atom. The number of piperidine rings is 1. The van der Waals surface area contributed by atoms with Crippen LogP contribution in [-0.4, -0.2) is 34.0 Å². The first-order chi connectivity index (χ1) is 13.1. The standard InChI is InChI=1S/C20H19F3N4/c21-16-5-4-13(10-18(16)23)11-27-8-6-14(7-9-27)26-20-15-2-1-3-17(22)19(15)24-12-25-20/h1-5,10,12,14H,6-9,11H2,(H,24,25,26). The van der Waals surface area contributed by atoms with E-state index in [9.17, 15) is 13.2 Å². The summed E-state index contributed by atoms with van der Waals surface area (Å²) in [4.78, 5) is 10.5. The zero-order valence-electron chi connectivity index (χ0n) is 14.6. The van der Waals surface area contributed by atoms with Crippen LogP contribution in [0.3, 0.4) is 0 Å². The summed E-state index contributed by atoms with van der Waals surface area (Å²) in [5.41, 5.74) is 1.07. The summed E-state index contributed by atoms with van der Waals surface area (Å²) < 4.78 is 40.3. The van der Waals surface area contributed by atoms with Gasteiger partial charge in [-0.2, -0.15) is 0 Å². The average molecular weight is 372 g/mol. The third kappa shape index (κ3) is 3.88. The van der Waals surface area contributed by atoms with Gasteiger partial charge in [0.2, 0.25) is 0 Å². The largest absolute Gasteiger partial charge is 0.367 e. The SMILES string of the molecule is Fc1ccc(CN2CCC(Nc3ncnc4c(F)cccc34)CC2)cc1F. The van der Waals surface area contributed by atoms with Crippen molar-refractivity contribution in [2.45, 2.75) is 25.4 Å². The van der Waals surface area contributed by atoms with Crippen LogP contribution in [0, 0.1) is 17.5 Å². The van der Waals surface area contributed by atoms with E-state index < -0.39 is 11.6 Å². The Morgan fingerprint density at radius 2 is 1.78 bits per heavy atom. The molecule has 27 heavy (non-hydrogen) atoms. The first-order valence-corrected chi connectivity index (χ1v) is 8.92. The predicted molar refractivity (Wildman–Crippen MR) is 97.8 cm³/mol. The average Bonchev–Trinajstić information content (AvgIpc) is 2.67. The fourth-order valence-electron chi connectivity index (χ4n) is 3.49. The molecule has 0 aliphatic carbocycles. The first kappa shape index (κ1) is 17.7. The molecule has 140 valence electrons. The number of hydrogen-bond acceptors (Lipinski definition) is 4. The van der Waals surface area contributed by atoms with Gasteiger partial charge in [-0.05, 0) is 42.7 Å². The summed E-state index contributed by atoms with van der Waals surface area (Å²) in [6.45, 7) is 2.24. The fraction of sp³-hybridized carbons (Fsp3) is 0.300. The topological polar surface area (TPSA) is 41.0 Å². The molecule has 0 spiro atoms. The van der Waals surface area contributed by atoms with Crippen LogP contribution < -0.4 is 5.32 Å². The molecule has 1 fully saturated rings. The Morgan fingerprint density at radius 1 is 0.963 bits per heavy atom. The maximum Gasteiger partial charge on any atom is 0.159 e. The van der Waals surface area contributed by atoms with E-state index in [2.05, 4.69) is 20.2 Å². The van der Waals surface area contributed by atoms with Crippen molar-refractivity contribution in [2.24, 2.45) is 0 Å². The van der Waals surface area contributed by atoms with E-state index in [1.807, 2.05) is 0 Å². The molecule has 0 saturated carbocycles. The van der Waals surface area contributed by atoms with Gasteiger partial charge in [0, 0.05) is 31.1 Å². The van der Waals surface area contributed by atoms with Gasteiger partial charge in [-0.3, -0.25) is 4.90 Å². The van der Waals surface area contributed by atoms with E-state index in [0.717, 1.165) is 31.5 Å². The van der Waals surface area contributed by atoms with Crippen LogP contribution in [0.1, 0.15) is 18.4 Å². The van der Waals surface area contributed by atoms with Crippen molar-refractivity contribution in [1.29, 1.82) is 0 Å². The summed E-state index contributed by atoms with van der Waals surface area (Å²) in [5.74, 6) is -1.36. The second-order valence-electron chi connectivity index (χ2n) is 6.80. The van der Waals surface area contributed by atoms with E-state index in [-0.39, 0.29) is 11.9 Å². The molecule has 1 aromatic heterocycles. The van der Waals surface area contributed by atoms with Crippen LogP contribution in [0.5, 0.6) is 0 Å². The van der Waals surface area contributed by atoms with Crippen molar-refractivity contribution in [3.8, 4) is 0 Å². The molecule has 1 aliphatic heterocycles. The van der Waals surface area contributed by atoms with Gasteiger partial charge in [0.15, 0.2) is 11.6 Å². The molecule has 2 heterocycles. The lowest BCUT2D eigenvalue weighted by molar-refractivity contribution is 0.211. The molecule has 0 amide bonds. The summed E-state index contributed by atoms with van der Waals surface area (Å²) in [5, 5.41) is 4.07. The van der Waals surface area contributed by atoms with E-state index in [4.69, 9.17) is 0 Å². The summed E-state index contributed by atoms with van der Waals surface area (Å²) in [6, 6.07) is 9.09. The van der Waals surface area contributed by atoms with E-state index in [1.165, 1.54) is 24.5 Å². The monoisotopic (exact) mass is 372 g/mol. The molecular formula is C20H19F3N4. The molecular weight excluding hydrogens is 353 g/mol. The smallest absolute Gasteiger partial charge is 0.159 e. The molecule has 1 aliphatic rings. The van der Waals surface area contributed by atoms with E-state index in [0.29, 0.717) is 23.3 Å². The highest BCUT2D eigenvalue weighted by Gasteiger charge is 2.21. The van der Waals surface area contributed by atoms with Crippen molar-refractivity contribution >= 4 is 16.7 Å². The molecule has 7 heteroatoms. The lowest BCUT2D eigenvalue weighted by Crippen LogP contribution is -2.38. The van der Waals surface area contributed by atoms with Crippen LogP contribution in [-0.2, 0) is 6.54 Å². The summed E-state index contributed by atoms with van der Waals surface area (Å²) in [7, 11) is 0. The first-order valence-electron chi connectivity index (χ1n) is 8.92. The lowest BCUT2D eigenvalue weighted by atomic mass is 10.0. The van der Waals surface area contributed by atoms with Crippen LogP contribution in [0.4, 0.5) is 19.0 Å². The molecule has 4 rings (SSSR count). The zero-order chi connectivity index (χ0) is 18.8. The van der Waals surface area contributed by atoms with Crippen molar-refractivity contribution in [1.82, 2.24) is 14.9 Å². The Kier molecular flexibility index (Phi) is 4.94. The minimum Gasteiger partial charge on any atom is -0.367 e. The van der Waals surface area contributed by atoms with Crippen molar-refractivity contribution in [2.75, 3.05) is 18.4 Å². The van der Waals surface area contributed by atoms with Crippen molar-refractivity contribution in [3.63, 3.8) is 0 Å². The van der Waals surface area contributed by atoms with Crippen molar-refractivity contribution in [3.05, 3.63) is 65.7 Å². The minimum absolute atomic E-state index is 0.215. The minimum atomic E-state index is -0.824. The van der Waals surface area contributed by atoms with Crippen molar-refractivity contribution < 1.29 is 13.2 Å². The molecule has 0 atom stereocenters. The zero-order valence-corrected chi connectivity index (χ0v) is 14.6. The molecule has 2 aromatic carbocycles. The normalized spacial score (nSPS) is 16.0. The Balaban J connectivity index is 1.38. The van der Waals surface area contributed by atoms with Gasteiger partial charge in [0.1, 0.15) is 23.5 Å². The molecule has 3 aromatic rings. The molecule has 1 saturated heterocycles. The second-order valence-corrected chi connectivity index (χ2v) is 6.80. The predicted octanol–water partition coefficient (Wildman–Crippen LogP) is 4.12. The van der Waals surface area contributed by atoms with Crippen LogP contribution in [0.25, 0.3) is 10.9 Å². The van der Waals surface area contributed by atoms with Gasteiger partial charge in [-0.1, -0.05) is 12.1 Å². The molecule has 0 bridgehead atoms. The number of nitrogens with one attached hydrogen (secondary N) is 1. The number of anilines is 1. The summed E-state index contributed by atoms with van der Waals surface area (Å²) in [6.07, 6.45) is 3.13. The molecule has 0 radical (unpaired) electrons. The Labute approximate surface area is 155 Å².